The Morgan fingerprint density at radius 3 is 2.00 bits per heavy atom. The van der Waals surface area contributed by atoms with E-state index in [9.17, 15) is 14.4 Å². The minimum Gasteiger partial charge on any atom is -0.322 e. The van der Waals surface area contributed by atoms with Crippen molar-refractivity contribution in [2.75, 3.05) is 10.6 Å². The molecule has 2 N–H and O–H groups in total. The van der Waals surface area contributed by atoms with E-state index in [1.807, 2.05) is 6.07 Å². The van der Waals surface area contributed by atoms with Gasteiger partial charge in [0.2, 0.25) is 0 Å². The first-order chi connectivity index (χ1) is 14.4. The number of aromatic nitrogens is 1. The highest BCUT2D eigenvalue weighted by Crippen LogP contribution is 2.19. The lowest BCUT2D eigenvalue weighted by atomic mass is 10.1. The highest BCUT2D eigenvalue weighted by Gasteiger charge is 2.20. The number of benzene rings is 2. The van der Waals surface area contributed by atoms with Gasteiger partial charge in [-0.1, -0.05) is 35.9 Å². The van der Waals surface area contributed by atoms with Crippen LogP contribution in [0.15, 0.2) is 78.5 Å². The van der Waals surface area contributed by atoms with E-state index < -0.39 is 11.8 Å². The molecule has 2 amide bonds. The molecule has 0 fully saturated rings. The average molecular weight is 420 g/mol. The number of nitrogens with one attached hydrogen (secondary N) is 2. The minimum absolute atomic E-state index is 0.0816. The Morgan fingerprint density at radius 1 is 0.833 bits per heavy atom. The van der Waals surface area contributed by atoms with Crippen molar-refractivity contribution in [3.8, 4) is 0 Å². The van der Waals surface area contributed by atoms with Crippen molar-refractivity contribution in [3.63, 3.8) is 0 Å². The maximum absolute atomic E-state index is 12.9. The van der Waals surface area contributed by atoms with E-state index in [0.717, 1.165) is 0 Å². The monoisotopic (exact) mass is 419 g/mol. The first-order valence-corrected chi connectivity index (χ1v) is 9.43. The topological polar surface area (TPSA) is 88.2 Å². The zero-order chi connectivity index (χ0) is 21.5. The van der Waals surface area contributed by atoms with E-state index >= 15 is 0 Å². The van der Waals surface area contributed by atoms with Gasteiger partial charge in [-0.3, -0.25) is 14.4 Å². The van der Waals surface area contributed by atoms with Crippen LogP contribution < -0.4 is 10.6 Å². The van der Waals surface area contributed by atoms with E-state index in [-0.39, 0.29) is 16.5 Å². The molecule has 0 aliphatic carbocycles. The molecular formula is C23H18ClN3O3. The normalized spacial score (nSPS) is 10.9. The van der Waals surface area contributed by atoms with Crippen LogP contribution >= 0.6 is 11.6 Å². The second-order valence-electron chi connectivity index (χ2n) is 6.35. The van der Waals surface area contributed by atoms with Crippen LogP contribution in [-0.4, -0.2) is 22.6 Å². The van der Waals surface area contributed by atoms with E-state index in [0.29, 0.717) is 22.5 Å². The lowest BCUT2D eigenvalue weighted by Gasteiger charge is -2.11. The highest BCUT2D eigenvalue weighted by atomic mass is 35.5. The number of rotatable bonds is 6. The third kappa shape index (κ3) is 5.40. The van der Waals surface area contributed by atoms with Crippen LogP contribution in [0.25, 0.3) is 6.08 Å². The quantitative estimate of drug-likeness (QED) is 0.201. The lowest BCUT2D eigenvalue weighted by Crippen LogP contribution is -2.25. The Hall–Kier alpha value is -3.77. The average Bonchev–Trinajstić information content (AvgIpc) is 2.74. The van der Waals surface area contributed by atoms with Crippen molar-refractivity contribution in [2.24, 2.45) is 0 Å². The molecule has 0 spiro atoms. The van der Waals surface area contributed by atoms with Gasteiger partial charge in [0.25, 0.3) is 11.8 Å². The molecule has 0 radical (unpaired) electrons. The molecule has 150 valence electrons. The van der Waals surface area contributed by atoms with Crippen LogP contribution in [0.2, 0.25) is 5.15 Å². The smallest absolute Gasteiger partial charge is 0.261 e. The van der Waals surface area contributed by atoms with Gasteiger partial charge < -0.3 is 10.6 Å². The fourth-order valence-electron chi connectivity index (χ4n) is 2.60. The van der Waals surface area contributed by atoms with Gasteiger partial charge in [-0.25, -0.2) is 4.98 Å². The summed E-state index contributed by atoms with van der Waals surface area (Å²) < 4.78 is 0. The fraction of sp³-hybridized carbons (Fsp3) is 0.0435. The van der Waals surface area contributed by atoms with Crippen LogP contribution in [0.3, 0.4) is 0 Å². The van der Waals surface area contributed by atoms with Crippen molar-refractivity contribution in [1.82, 2.24) is 4.98 Å². The number of anilines is 2. The Bertz CT molecular complexity index is 1110. The van der Waals surface area contributed by atoms with Crippen molar-refractivity contribution >= 4 is 46.6 Å². The molecule has 3 aromatic rings. The summed E-state index contributed by atoms with van der Waals surface area (Å²) in [5.41, 5.74) is 1.79. The zero-order valence-electron chi connectivity index (χ0n) is 16.1. The Labute approximate surface area is 178 Å². The van der Waals surface area contributed by atoms with Gasteiger partial charge in [0.1, 0.15) is 10.7 Å². The minimum atomic E-state index is -0.626. The molecule has 1 heterocycles. The van der Waals surface area contributed by atoms with Crippen molar-refractivity contribution in [1.29, 1.82) is 0 Å². The Morgan fingerprint density at radius 2 is 1.43 bits per heavy atom. The maximum atomic E-state index is 12.9. The number of pyridine rings is 1. The number of carbonyl (C=O) groups excluding carboxylic acids is 3. The van der Waals surface area contributed by atoms with Gasteiger partial charge in [-0.15, -0.1) is 0 Å². The predicted octanol–water partition coefficient (Wildman–Crippen LogP) is 4.60. The van der Waals surface area contributed by atoms with Crippen molar-refractivity contribution in [2.45, 2.75) is 6.92 Å². The van der Waals surface area contributed by atoms with E-state index in [4.69, 9.17) is 11.6 Å². The Kier molecular flexibility index (Phi) is 6.72. The van der Waals surface area contributed by atoms with E-state index in [2.05, 4.69) is 15.6 Å². The second-order valence-corrected chi connectivity index (χ2v) is 6.71. The molecule has 0 saturated carbocycles. The summed E-state index contributed by atoms with van der Waals surface area (Å²) in [7, 11) is 0. The molecule has 0 atom stereocenters. The summed E-state index contributed by atoms with van der Waals surface area (Å²) in [5, 5.41) is 5.54. The molecule has 1 aromatic heterocycles. The van der Waals surface area contributed by atoms with Gasteiger partial charge in [0.15, 0.2) is 5.78 Å². The van der Waals surface area contributed by atoms with Crippen LogP contribution in [0, 0.1) is 0 Å². The van der Waals surface area contributed by atoms with Crippen LogP contribution in [-0.2, 0) is 9.59 Å². The van der Waals surface area contributed by atoms with Gasteiger partial charge in [-0.2, -0.15) is 0 Å². The molecule has 6 nitrogen and oxygen atoms in total. The number of para-hydroxylation sites is 1. The molecule has 3 rings (SSSR count). The number of hydrogen-bond acceptors (Lipinski definition) is 4. The zero-order valence-corrected chi connectivity index (χ0v) is 16.8. The summed E-state index contributed by atoms with van der Waals surface area (Å²) >= 11 is 6.09. The molecule has 0 aliphatic rings. The number of amides is 2. The van der Waals surface area contributed by atoms with Crippen LogP contribution in [0.4, 0.5) is 11.4 Å². The number of nitrogens with zero attached hydrogens (tertiary/aromatic N) is 1. The van der Waals surface area contributed by atoms with Crippen molar-refractivity contribution in [3.05, 3.63) is 94.8 Å². The van der Waals surface area contributed by atoms with Gasteiger partial charge in [-0.05, 0) is 55.5 Å². The number of hydrogen-bond donors (Lipinski definition) is 2. The van der Waals surface area contributed by atoms with Gasteiger partial charge in [0.05, 0.1) is 0 Å². The summed E-state index contributed by atoms with van der Waals surface area (Å²) in [6.07, 6.45) is 2.90. The fourth-order valence-corrected chi connectivity index (χ4v) is 2.78. The molecule has 0 saturated heterocycles. The van der Waals surface area contributed by atoms with Crippen molar-refractivity contribution < 1.29 is 14.4 Å². The highest BCUT2D eigenvalue weighted by molar-refractivity contribution is 6.32. The summed E-state index contributed by atoms with van der Waals surface area (Å²) in [5.74, 6) is -1.31. The first-order valence-electron chi connectivity index (χ1n) is 9.05. The SMILES string of the molecule is CC(=O)c1ccc(NC(=O)C(=Cc2cccnc2Cl)C(=O)Nc2ccccc2)cc1. The van der Waals surface area contributed by atoms with Gasteiger partial charge in [0, 0.05) is 28.7 Å². The largest absolute Gasteiger partial charge is 0.322 e. The molecule has 0 aliphatic heterocycles. The molecule has 0 bridgehead atoms. The second kappa shape index (κ2) is 9.62. The number of ketones is 1. The number of carbonyl (C=O) groups is 3. The lowest BCUT2D eigenvalue weighted by molar-refractivity contribution is -0.118. The third-order valence-electron chi connectivity index (χ3n) is 4.16. The molecule has 2 aromatic carbocycles. The molecular weight excluding hydrogens is 402 g/mol. The first kappa shape index (κ1) is 21.0. The Balaban J connectivity index is 1.89. The summed E-state index contributed by atoms with van der Waals surface area (Å²) in [6, 6.07) is 18.5. The third-order valence-corrected chi connectivity index (χ3v) is 4.47. The summed E-state index contributed by atoms with van der Waals surface area (Å²) in [4.78, 5) is 41.2. The molecule has 0 unspecified atom stereocenters. The maximum Gasteiger partial charge on any atom is 0.261 e. The molecule has 7 heteroatoms. The molecule has 30 heavy (non-hydrogen) atoms. The summed E-state index contributed by atoms with van der Waals surface area (Å²) in [6.45, 7) is 1.46. The number of halogens is 1. The van der Waals surface area contributed by atoms with Crippen LogP contribution in [0.1, 0.15) is 22.8 Å². The van der Waals surface area contributed by atoms with Gasteiger partial charge >= 0.3 is 0 Å². The standard InChI is InChI=1S/C23H18ClN3O3/c1-15(28)16-9-11-19(12-10-16)27-23(30)20(14-17-6-5-13-25-21(17)24)22(29)26-18-7-3-2-4-8-18/h2-14H,1H3,(H,26,29)(H,27,30). The number of Topliss-reactive ketones (excluding diaryl/α,β-unsaturated/α-hetero) is 1. The van der Waals surface area contributed by atoms with E-state index in [1.54, 1.807) is 60.7 Å². The predicted molar refractivity (Wildman–Crippen MR) is 117 cm³/mol. The van der Waals surface area contributed by atoms with E-state index in [1.165, 1.54) is 19.2 Å². The van der Waals surface area contributed by atoms with Crippen LogP contribution in [0.5, 0.6) is 0 Å².